The van der Waals surface area contributed by atoms with Crippen LogP contribution in [0, 0.1) is 17.8 Å². The molecule has 3 aromatic rings. The average Bonchev–Trinajstić information content (AvgIpc) is 3.38. The molecular formula is C33H37F6N3O2. The zero-order valence-electron chi connectivity index (χ0n) is 25.0. The number of hydrogen-bond donors (Lipinski definition) is 1. The Morgan fingerprint density at radius 1 is 1.07 bits per heavy atom. The minimum absolute atomic E-state index is 0.0961. The first-order valence-electron chi connectivity index (χ1n) is 15.0. The molecule has 1 saturated carbocycles. The van der Waals surface area contributed by atoms with Crippen LogP contribution in [0.3, 0.4) is 0 Å². The largest absolute Gasteiger partial charge is 0.458 e. The van der Waals surface area contributed by atoms with Gasteiger partial charge in [0.25, 0.3) is 0 Å². The molecule has 0 saturated heterocycles. The van der Waals surface area contributed by atoms with Crippen LogP contribution in [0.15, 0.2) is 48.5 Å². The SMILES string of the molecule is CC(C)C(=O)O[C@@]1(CCN(C)CCCc2nc3c(C(F)(F)F)cc(C(F)(F)F)cc3[nH]2)C[C@H]2CC[C@@H]1C=C2c1ccccc1. The second kappa shape index (κ2) is 12.2. The molecule has 2 bridgehead atoms. The minimum Gasteiger partial charge on any atom is -0.458 e. The highest BCUT2D eigenvalue weighted by Gasteiger charge is 2.50. The summed E-state index contributed by atoms with van der Waals surface area (Å²) in [6.07, 6.45) is -3.44. The fourth-order valence-corrected chi connectivity index (χ4v) is 6.58. The van der Waals surface area contributed by atoms with Crippen molar-refractivity contribution in [3.63, 3.8) is 0 Å². The molecule has 3 aliphatic rings. The van der Waals surface area contributed by atoms with Crippen molar-refractivity contribution in [2.24, 2.45) is 17.8 Å². The number of allylic oxidation sites excluding steroid dienone is 1. The van der Waals surface area contributed by atoms with Crippen LogP contribution >= 0.6 is 0 Å². The highest BCUT2D eigenvalue weighted by Crippen LogP contribution is 2.53. The van der Waals surface area contributed by atoms with Crippen molar-refractivity contribution in [3.05, 3.63) is 71.1 Å². The van der Waals surface area contributed by atoms with Gasteiger partial charge >= 0.3 is 18.3 Å². The number of aromatic nitrogens is 2. The number of aromatic amines is 1. The summed E-state index contributed by atoms with van der Waals surface area (Å²) in [5.41, 5.74) is -1.69. The fourth-order valence-electron chi connectivity index (χ4n) is 6.58. The summed E-state index contributed by atoms with van der Waals surface area (Å²) in [4.78, 5) is 21.6. The predicted molar refractivity (Wildman–Crippen MR) is 155 cm³/mol. The van der Waals surface area contributed by atoms with E-state index in [1.165, 1.54) is 11.1 Å². The molecule has 11 heteroatoms. The number of rotatable bonds is 10. The number of fused-ring (bicyclic) bond motifs is 3. The smallest absolute Gasteiger partial charge is 0.418 e. The van der Waals surface area contributed by atoms with Gasteiger partial charge in [0.05, 0.1) is 22.6 Å². The molecule has 0 amide bonds. The van der Waals surface area contributed by atoms with Crippen LogP contribution in [-0.2, 0) is 28.3 Å². The number of hydrogen-bond acceptors (Lipinski definition) is 4. The van der Waals surface area contributed by atoms with Crippen LogP contribution in [0.2, 0.25) is 0 Å². The summed E-state index contributed by atoms with van der Waals surface area (Å²) in [6, 6.07) is 11.1. The second-order valence-electron chi connectivity index (χ2n) is 12.5. The summed E-state index contributed by atoms with van der Waals surface area (Å²) >= 11 is 0. The van der Waals surface area contributed by atoms with Gasteiger partial charge in [0.1, 0.15) is 16.9 Å². The zero-order chi connectivity index (χ0) is 31.9. The van der Waals surface area contributed by atoms with Gasteiger partial charge in [0.2, 0.25) is 0 Å². The summed E-state index contributed by atoms with van der Waals surface area (Å²) in [6.45, 7) is 4.86. The molecule has 1 heterocycles. The van der Waals surface area contributed by atoms with E-state index >= 15 is 0 Å². The zero-order valence-corrected chi connectivity index (χ0v) is 25.0. The first-order chi connectivity index (χ1) is 20.7. The van der Waals surface area contributed by atoms with Gasteiger partial charge in [-0.15, -0.1) is 0 Å². The van der Waals surface area contributed by atoms with Gasteiger partial charge in [0, 0.05) is 25.3 Å². The molecule has 1 N–H and O–H groups in total. The highest BCUT2D eigenvalue weighted by atomic mass is 19.4. The number of H-pyrrole nitrogens is 1. The molecule has 0 unspecified atom stereocenters. The summed E-state index contributed by atoms with van der Waals surface area (Å²) < 4.78 is 86.6. The van der Waals surface area contributed by atoms with E-state index in [-0.39, 0.29) is 41.6 Å². The molecular weight excluding hydrogens is 584 g/mol. The first-order valence-corrected chi connectivity index (χ1v) is 15.0. The Hall–Kier alpha value is -3.34. The van der Waals surface area contributed by atoms with E-state index in [9.17, 15) is 31.1 Å². The molecule has 0 radical (unpaired) electrons. The number of nitrogens with one attached hydrogen (secondary N) is 1. The molecule has 3 aliphatic carbocycles. The summed E-state index contributed by atoms with van der Waals surface area (Å²) in [5.74, 6) is 0.117. The van der Waals surface area contributed by atoms with Gasteiger partial charge in [0.15, 0.2) is 0 Å². The normalized spacial score (nSPS) is 22.2. The Bertz CT molecular complexity index is 1510. The van der Waals surface area contributed by atoms with Crippen molar-refractivity contribution in [1.29, 1.82) is 0 Å². The second-order valence-corrected chi connectivity index (χ2v) is 12.5. The van der Waals surface area contributed by atoms with Gasteiger partial charge in [-0.25, -0.2) is 4.98 Å². The maximum Gasteiger partial charge on any atom is 0.418 e. The molecule has 1 aromatic heterocycles. The standard InChI is InChI=1S/C33H37F6N3O2/c1-20(2)30(43)44-31(19-22-11-12-23(31)16-25(22)21-8-5-4-6-9-21)13-15-42(3)14-7-10-28-40-27-18-24(32(34,35)36)17-26(29(27)41-28)33(37,38)39/h4-6,8-9,16-18,20,22-23H,7,10-15,19H2,1-3H3,(H,40,41)/t22-,23-,31+/m1/s1. The Morgan fingerprint density at radius 2 is 1.80 bits per heavy atom. The molecule has 1 fully saturated rings. The van der Waals surface area contributed by atoms with E-state index in [1.807, 2.05) is 39.1 Å². The Kier molecular flexibility index (Phi) is 8.90. The van der Waals surface area contributed by atoms with E-state index in [0.717, 1.165) is 19.3 Å². The van der Waals surface area contributed by atoms with Crippen molar-refractivity contribution in [3.8, 4) is 0 Å². The number of aryl methyl sites for hydroxylation is 1. The van der Waals surface area contributed by atoms with Crippen LogP contribution < -0.4 is 0 Å². The number of ether oxygens (including phenoxy) is 1. The predicted octanol–water partition coefficient (Wildman–Crippen LogP) is 8.31. The van der Waals surface area contributed by atoms with Gasteiger partial charge in [-0.1, -0.05) is 50.3 Å². The molecule has 0 aliphatic heterocycles. The number of imidazole rings is 1. The Morgan fingerprint density at radius 3 is 2.41 bits per heavy atom. The van der Waals surface area contributed by atoms with E-state index in [2.05, 4.69) is 33.1 Å². The lowest BCUT2D eigenvalue weighted by molar-refractivity contribution is -0.176. The number of benzene rings is 2. The lowest BCUT2D eigenvalue weighted by Gasteiger charge is -2.50. The Labute approximate surface area is 252 Å². The molecule has 6 rings (SSSR count). The maximum absolute atomic E-state index is 13.5. The van der Waals surface area contributed by atoms with Crippen molar-refractivity contribution in [2.45, 2.75) is 70.3 Å². The highest BCUT2D eigenvalue weighted by molar-refractivity contribution is 5.80. The molecule has 3 atom stereocenters. The number of alkyl halides is 6. The third-order valence-corrected chi connectivity index (χ3v) is 8.94. The first kappa shape index (κ1) is 32.1. The quantitative estimate of drug-likeness (QED) is 0.183. The molecule has 5 nitrogen and oxygen atoms in total. The number of esters is 1. The van der Waals surface area contributed by atoms with Gasteiger partial charge in [-0.3, -0.25) is 4.79 Å². The van der Waals surface area contributed by atoms with Crippen molar-refractivity contribution in [2.75, 3.05) is 20.1 Å². The molecule has 238 valence electrons. The van der Waals surface area contributed by atoms with Crippen LogP contribution in [0.4, 0.5) is 26.3 Å². The van der Waals surface area contributed by atoms with E-state index in [4.69, 9.17) is 4.74 Å². The van der Waals surface area contributed by atoms with Gasteiger partial charge in [-0.2, -0.15) is 26.3 Å². The average molecular weight is 622 g/mol. The lowest BCUT2D eigenvalue weighted by atomic mass is 9.60. The lowest BCUT2D eigenvalue weighted by Crippen LogP contribution is -2.51. The van der Waals surface area contributed by atoms with Crippen LogP contribution in [0.25, 0.3) is 16.6 Å². The number of halogens is 6. The van der Waals surface area contributed by atoms with Crippen LogP contribution in [-0.4, -0.2) is 46.6 Å². The number of nitrogens with zero attached hydrogens (tertiary/aromatic N) is 2. The third kappa shape index (κ3) is 6.82. The number of carbonyl (C=O) groups excluding carboxylic acids is 1. The monoisotopic (exact) mass is 621 g/mol. The topological polar surface area (TPSA) is 58.2 Å². The van der Waals surface area contributed by atoms with Crippen LogP contribution in [0.5, 0.6) is 0 Å². The van der Waals surface area contributed by atoms with E-state index < -0.39 is 34.6 Å². The van der Waals surface area contributed by atoms with Gasteiger partial charge in [-0.05, 0) is 68.5 Å². The molecule has 44 heavy (non-hydrogen) atoms. The summed E-state index contributed by atoms with van der Waals surface area (Å²) in [7, 11) is 1.93. The number of carbonyl (C=O) groups is 1. The van der Waals surface area contributed by atoms with Crippen LogP contribution in [0.1, 0.15) is 68.5 Å². The van der Waals surface area contributed by atoms with Crippen molar-refractivity contribution >= 4 is 22.6 Å². The van der Waals surface area contributed by atoms with Gasteiger partial charge < -0.3 is 14.6 Å². The minimum atomic E-state index is -4.98. The maximum atomic E-state index is 13.5. The third-order valence-electron chi connectivity index (χ3n) is 8.94. The van der Waals surface area contributed by atoms with E-state index in [1.54, 1.807) is 0 Å². The summed E-state index contributed by atoms with van der Waals surface area (Å²) in [5, 5.41) is 0. The van der Waals surface area contributed by atoms with Crippen molar-refractivity contribution in [1.82, 2.24) is 14.9 Å². The Balaban J connectivity index is 1.25. The van der Waals surface area contributed by atoms with E-state index in [0.29, 0.717) is 37.9 Å². The molecule has 2 aromatic carbocycles. The fraction of sp³-hybridized carbons (Fsp3) is 0.515. The van der Waals surface area contributed by atoms with Crippen molar-refractivity contribution < 1.29 is 35.9 Å². The molecule has 0 spiro atoms.